The summed E-state index contributed by atoms with van der Waals surface area (Å²) in [4.78, 5) is 21.6. The Balaban J connectivity index is 1.91. The highest BCUT2D eigenvalue weighted by atomic mass is 32.1. The Bertz CT molecular complexity index is 545. The van der Waals surface area contributed by atoms with Crippen LogP contribution < -0.4 is 5.32 Å². The van der Waals surface area contributed by atoms with Crippen molar-refractivity contribution in [3.05, 3.63) is 22.4 Å². The van der Waals surface area contributed by atoms with Crippen molar-refractivity contribution in [1.29, 1.82) is 0 Å². The standard InChI is InChI=1S/C18H30N4O2S/c1-4-24-14-15-8-10-22(13-15)18(20-12-17(23)21(2)3)19-9-7-16-6-5-11-25-16/h5-6,11,15H,4,7-10,12-14H2,1-3H3,(H,19,20). The summed E-state index contributed by atoms with van der Waals surface area (Å²) in [6, 6.07) is 4.22. The molecule has 1 atom stereocenters. The van der Waals surface area contributed by atoms with Crippen LogP contribution in [0.15, 0.2) is 22.5 Å². The summed E-state index contributed by atoms with van der Waals surface area (Å²) in [5.41, 5.74) is 0. The number of ether oxygens (including phenoxy) is 1. The molecular weight excluding hydrogens is 336 g/mol. The molecule has 6 nitrogen and oxygen atoms in total. The van der Waals surface area contributed by atoms with E-state index in [0.717, 1.165) is 51.6 Å². The van der Waals surface area contributed by atoms with Crippen LogP contribution in [0.25, 0.3) is 0 Å². The number of thiophene rings is 1. The maximum Gasteiger partial charge on any atom is 0.243 e. The normalized spacial score (nSPS) is 17.8. The van der Waals surface area contributed by atoms with Gasteiger partial charge in [-0.3, -0.25) is 4.79 Å². The van der Waals surface area contributed by atoms with E-state index in [2.05, 4.69) is 32.7 Å². The second kappa shape index (κ2) is 10.4. The van der Waals surface area contributed by atoms with Crippen molar-refractivity contribution in [3.63, 3.8) is 0 Å². The largest absolute Gasteiger partial charge is 0.381 e. The molecule has 2 heterocycles. The highest BCUT2D eigenvalue weighted by Crippen LogP contribution is 2.17. The van der Waals surface area contributed by atoms with E-state index in [4.69, 9.17) is 4.74 Å². The predicted molar refractivity (Wildman–Crippen MR) is 103 cm³/mol. The van der Waals surface area contributed by atoms with Gasteiger partial charge in [0.05, 0.1) is 6.61 Å². The molecule has 1 aliphatic rings. The van der Waals surface area contributed by atoms with Gasteiger partial charge in [0.1, 0.15) is 6.54 Å². The van der Waals surface area contributed by atoms with Crippen LogP contribution in [0.1, 0.15) is 18.2 Å². The van der Waals surface area contributed by atoms with Crippen LogP contribution in [0.3, 0.4) is 0 Å². The lowest BCUT2D eigenvalue weighted by Crippen LogP contribution is -2.42. The van der Waals surface area contributed by atoms with E-state index in [9.17, 15) is 4.79 Å². The number of nitrogens with zero attached hydrogens (tertiary/aromatic N) is 3. The number of hydrogen-bond donors (Lipinski definition) is 1. The Kier molecular flexibility index (Phi) is 8.21. The number of nitrogens with one attached hydrogen (secondary N) is 1. The zero-order valence-corrected chi connectivity index (χ0v) is 16.3. The van der Waals surface area contributed by atoms with Crippen molar-refractivity contribution in [3.8, 4) is 0 Å². The molecule has 1 aromatic rings. The minimum Gasteiger partial charge on any atom is -0.381 e. The number of aliphatic imine (C=N–C) groups is 1. The average Bonchev–Trinajstić information content (AvgIpc) is 3.27. The summed E-state index contributed by atoms with van der Waals surface area (Å²) in [6.07, 6.45) is 2.07. The highest BCUT2D eigenvalue weighted by Gasteiger charge is 2.25. The van der Waals surface area contributed by atoms with Gasteiger partial charge < -0.3 is 19.9 Å². The van der Waals surface area contributed by atoms with Crippen molar-refractivity contribution in [2.24, 2.45) is 10.9 Å². The molecule has 0 radical (unpaired) electrons. The van der Waals surface area contributed by atoms with Gasteiger partial charge in [0.15, 0.2) is 5.96 Å². The monoisotopic (exact) mass is 366 g/mol. The van der Waals surface area contributed by atoms with Crippen LogP contribution in [0.2, 0.25) is 0 Å². The zero-order valence-electron chi connectivity index (χ0n) is 15.5. The molecule has 1 saturated heterocycles. The summed E-state index contributed by atoms with van der Waals surface area (Å²) < 4.78 is 5.56. The number of amides is 1. The molecule has 2 rings (SSSR count). The molecule has 140 valence electrons. The van der Waals surface area contributed by atoms with Gasteiger partial charge in [-0.25, -0.2) is 4.99 Å². The smallest absolute Gasteiger partial charge is 0.243 e. The molecule has 7 heteroatoms. The summed E-state index contributed by atoms with van der Waals surface area (Å²) in [5.74, 6) is 1.39. The summed E-state index contributed by atoms with van der Waals surface area (Å²) in [5, 5.41) is 5.54. The zero-order chi connectivity index (χ0) is 18.1. The van der Waals surface area contributed by atoms with Gasteiger partial charge in [-0.1, -0.05) is 6.07 Å². The van der Waals surface area contributed by atoms with E-state index < -0.39 is 0 Å². The lowest BCUT2D eigenvalue weighted by atomic mass is 10.1. The van der Waals surface area contributed by atoms with Crippen LogP contribution in [0, 0.1) is 5.92 Å². The van der Waals surface area contributed by atoms with Gasteiger partial charge in [0.2, 0.25) is 5.91 Å². The third-order valence-corrected chi connectivity index (χ3v) is 5.18. The Morgan fingerprint density at radius 2 is 2.36 bits per heavy atom. The summed E-state index contributed by atoms with van der Waals surface area (Å²) in [7, 11) is 3.52. The van der Waals surface area contributed by atoms with Gasteiger partial charge in [0.25, 0.3) is 0 Å². The SMILES string of the molecule is CCOCC1CCN(C(=NCC(=O)N(C)C)NCCc2cccs2)C1. The molecule has 1 amide bonds. The Morgan fingerprint density at radius 3 is 3.04 bits per heavy atom. The van der Waals surface area contributed by atoms with Gasteiger partial charge in [0, 0.05) is 51.1 Å². The molecule has 1 fully saturated rings. The van der Waals surface area contributed by atoms with Crippen molar-refractivity contribution >= 4 is 23.2 Å². The number of carbonyl (C=O) groups excluding carboxylic acids is 1. The molecule has 0 spiro atoms. The molecule has 0 aromatic carbocycles. The van der Waals surface area contributed by atoms with Crippen LogP contribution in [-0.2, 0) is 16.0 Å². The van der Waals surface area contributed by atoms with Gasteiger partial charge in [-0.05, 0) is 31.2 Å². The van der Waals surface area contributed by atoms with Gasteiger partial charge in [-0.15, -0.1) is 11.3 Å². The first-order valence-electron chi connectivity index (χ1n) is 8.93. The second-order valence-electron chi connectivity index (χ2n) is 6.44. The van der Waals surface area contributed by atoms with Crippen molar-refractivity contribution < 1.29 is 9.53 Å². The average molecular weight is 367 g/mol. The third-order valence-electron chi connectivity index (χ3n) is 4.24. The molecule has 1 unspecified atom stereocenters. The number of guanidine groups is 1. The van der Waals surface area contributed by atoms with Crippen molar-refractivity contribution in [1.82, 2.24) is 15.1 Å². The van der Waals surface area contributed by atoms with E-state index in [1.54, 1.807) is 30.3 Å². The number of likely N-dealkylation sites (tertiary alicyclic amines) is 1. The van der Waals surface area contributed by atoms with Gasteiger partial charge >= 0.3 is 0 Å². The molecule has 25 heavy (non-hydrogen) atoms. The Morgan fingerprint density at radius 1 is 1.52 bits per heavy atom. The Hall–Kier alpha value is -1.60. The molecule has 1 aromatic heterocycles. The van der Waals surface area contributed by atoms with E-state index >= 15 is 0 Å². The molecule has 1 aliphatic heterocycles. The quantitative estimate of drug-likeness (QED) is 0.562. The van der Waals surface area contributed by atoms with E-state index in [1.807, 2.05) is 6.92 Å². The predicted octanol–water partition coefficient (Wildman–Crippen LogP) is 1.68. The fraction of sp³-hybridized carbons (Fsp3) is 0.667. The molecule has 0 bridgehead atoms. The van der Waals surface area contributed by atoms with Crippen LogP contribution >= 0.6 is 11.3 Å². The first kappa shape index (κ1) is 19.7. The minimum absolute atomic E-state index is 0.0163. The topological polar surface area (TPSA) is 57.2 Å². The number of hydrogen-bond acceptors (Lipinski definition) is 4. The van der Waals surface area contributed by atoms with E-state index in [-0.39, 0.29) is 12.5 Å². The fourth-order valence-electron chi connectivity index (χ4n) is 2.75. The Labute approximate surface area is 154 Å². The third kappa shape index (κ3) is 6.66. The fourth-order valence-corrected chi connectivity index (χ4v) is 3.46. The van der Waals surface area contributed by atoms with Crippen LogP contribution in [0.5, 0.6) is 0 Å². The first-order chi connectivity index (χ1) is 12.1. The maximum absolute atomic E-state index is 11.9. The lowest BCUT2D eigenvalue weighted by Gasteiger charge is -2.22. The van der Waals surface area contributed by atoms with Gasteiger partial charge in [-0.2, -0.15) is 0 Å². The molecular formula is C18H30N4O2S. The van der Waals surface area contributed by atoms with Crippen molar-refractivity contribution in [2.45, 2.75) is 19.8 Å². The second-order valence-corrected chi connectivity index (χ2v) is 7.48. The van der Waals surface area contributed by atoms with E-state index in [0.29, 0.717) is 5.92 Å². The molecule has 0 aliphatic carbocycles. The molecule has 0 saturated carbocycles. The lowest BCUT2D eigenvalue weighted by molar-refractivity contribution is -0.127. The van der Waals surface area contributed by atoms with E-state index in [1.165, 1.54) is 4.88 Å². The van der Waals surface area contributed by atoms with Crippen LogP contribution in [-0.4, -0.2) is 75.2 Å². The summed E-state index contributed by atoms with van der Waals surface area (Å²) >= 11 is 1.77. The minimum atomic E-state index is 0.0163. The summed E-state index contributed by atoms with van der Waals surface area (Å²) in [6.45, 7) is 6.47. The highest BCUT2D eigenvalue weighted by molar-refractivity contribution is 7.09. The number of carbonyl (C=O) groups is 1. The first-order valence-corrected chi connectivity index (χ1v) is 9.81. The van der Waals surface area contributed by atoms with Crippen LogP contribution in [0.4, 0.5) is 0 Å². The molecule has 1 N–H and O–H groups in total. The van der Waals surface area contributed by atoms with Crippen molar-refractivity contribution in [2.75, 3.05) is 53.5 Å². The maximum atomic E-state index is 11.9. The number of rotatable bonds is 8. The number of likely N-dealkylation sites (N-methyl/N-ethyl adjacent to an activating group) is 1.